The van der Waals surface area contributed by atoms with Crippen LogP contribution in [0.1, 0.15) is 6.92 Å². The van der Waals surface area contributed by atoms with E-state index in [-0.39, 0.29) is 0 Å². The van der Waals surface area contributed by atoms with Crippen molar-refractivity contribution in [3.63, 3.8) is 0 Å². The van der Waals surface area contributed by atoms with Crippen molar-refractivity contribution in [3.05, 3.63) is 0 Å². The second-order valence-corrected chi connectivity index (χ2v) is 11.2. The van der Waals surface area contributed by atoms with Crippen LogP contribution in [0.25, 0.3) is 0 Å². The molecule has 0 rings (SSSR count). The van der Waals surface area contributed by atoms with Gasteiger partial charge in [-0.15, -0.1) is 22.2 Å². The number of halogens is 19. The smallest absolute Gasteiger partial charge is 0.389 e. The van der Waals surface area contributed by atoms with Crippen LogP contribution in [0.2, 0.25) is 0 Å². The molecule has 0 spiro atoms. The van der Waals surface area contributed by atoms with Crippen molar-refractivity contribution in [1.82, 2.24) is 0 Å². The molecule has 0 heterocycles. The molecule has 0 aromatic carbocycles. The fourth-order valence-electron chi connectivity index (χ4n) is 1.62. The molecule has 0 aromatic heterocycles. The maximum absolute atomic E-state index is 13.6. The van der Waals surface area contributed by atoms with Crippen molar-refractivity contribution >= 4 is 29.1 Å². The predicted molar refractivity (Wildman–Crippen MR) is 69.8 cm³/mol. The average Bonchev–Trinajstić information content (AvgIpc) is 2.52. The fraction of sp³-hybridized carbons (Fsp3) is 1.00. The predicted octanol–water partition coefficient (Wildman–Crippen LogP) is 6.99. The molecule has 0 saturated heterocycles. The highest BCUT2D eigenvalue weighted by Crippen LogP contribution is 2.65. The van der Waals surface area contributed by atoms with Crippen molar-refractivity contribution in [1.29, 1.82) is 0 Å². The molecule has 0 unspecified atom stereocenters. The van der Waals surface area contributed by atoms with Gasteiger partial charge >= 0.3 is 54.2 Å². The van der Waals surface area contributed by atoms with Gasteiger partial charge in [-0.05, 0) is 6.92 Å². The maximum Gasteiger partial charge on any atom is 0.472 e. The summed E-state index contributed by atoms with van der Waals surface area (Å²) < 4.78 is 225. The minimum Gasteiger partial charge on any atom is -0.389 e. The van der Waals surface area contributed by atoms with Gasteiger partial charge in [-0.2, -0.15) is 74.6 Å². The SMILES string of the molecule is CCO[Si](Cl)(Cl)C(F)(F)C(F)(F)C(F)(F)C(F)(F)C(F)(F)C(F)(F)C(F)(F)C(F)(F)F. The molecule has 188 valence electrons. The second-order valence-electron chi connectivity index (χ2n) is 5.47. The van der Waals surface area contributed by atoms with Crippen molar-refractivity contribution in [2.75, 3.05) is 6.61 Å². The molecule has 0 atom stereocenters. The van der Waals surface area contributed by atoms with Crippen LogP contribution in [0, 0.1) is 0 Å². The second kappa shape index (κ2) is 7.81. The zero-order chi connectivity index (χ0) is 25.9. The van der Waals surface area contributed by atoms with E-state index in [1.807, 2.05) is 0 Å². The Hall–Kier alpha value is -0.433. The van der Waals surface area contributed by atoms with E-state index in [0.29, 0.717) is 6.92 Å². The van der Waals surface area contributed by atoms with Gasteiger partial charge in [-0.1, -0.05) is 0 Å². The van der Waals surface area contributed by atoms with Crippen LogP contribution in [0.3, 0.4) is 0 Å². The van der Waals surface area contributed by atoms with Crippen LogP contribution < -0.4 is 0 Å². The molecule has 0 saturated carbocycles. The highest BCUT2D eigenvalue weighted by atomic mass is 35.7. The van der Waals surface area contributed by atoms with Crippen LogP contribution >= 0.6 is 22.2 Å². The molecule has 0 aromatic rings. The monoisotopic (exact) mass is 562 g/mol. The van der Waals surface area contributed by atoms with Crippen molar-refractivity contribution in [2.24, 2.45) is 0 Å². The molecule has 0 aliphatic heterocycles. The first kappa shape index (κ1) is 30.6. The summed E-state index contributed by atoms with van der Waals surface area (Å²) in [6.45, 7) is -7.18. The normalized spacial score (nSPS) is 16.6. The standard InChI is InChI=1S/C10H5Cl2F17OSi/c1-2-30-31(11,12)10(28,29)8(23,24)6(19,20)4(15,16)3(13,14)5(17,18)7(21,22)9(25,26)27/h2H2,1H3. The van der Waals surface area contributed by atoms with E-state index in [9.17, 15) is 74.6 Å². The van der Waals surface area contributed by atoms with E-state index in [4.69, 9.17) is 0 Å². The van der Waals surface area contributed by atoms with Crippen LogP contribution in [0.5, 0.6) is 0 Å². The Morgan fingerprint density at radius 1 is 0.516 bits per heavy atom. The molecule has 21 heteroatoms. The molecular formula is C10H5Cl2F17OSi. The van der Waals surface area contributed by atoms with Crippen LogP contribution in [-0.2, 0) is 4.43 Å². The number of rotatable bonds is 9. The zero-order valence-corrected chi connectivity index (χ0v) is 16.3. The highest BCUT2D eigenvalue weighted by Gasteiger charge is 2.96. The average molecular weight is 563 g/mol. The zero-order valence-electron chi connectivity index (χ0n) is 13.8. The van der Waals surface area contributed by atoms with E-state index in [1.165, 1.54) is 0 Å². The van der Waals surface area contributed by atoms with Crippen molar-refractivity contribution in [2.45, 2.75) is 54.2 Å². The van der Waals surface area contributed by atoms with E-state index in [0.717, 1.165) is 0 Å². The Labute approximate surface area is 169 Å². The van der Waals surface area contributed by atoms with Gasteiger partial charge in [0.1, 0.15) is 0 Å². The number of alkyl halides is 17. The Kier molecular flexibility index (Phi) is 7.71. The Morgan fingerprint density at radius 3 is 1.03 bits per heavy atom. The lowest BCUT2D eigenvalue weighted by Gasteiger charge is -2.43. The van der Waals surface area contributed by atoms with Crippen LogP contribution in [-0.4, -0.2) is 60.8 Å². The minimum absolute atomic E-state index is 0.654. The van der Waals surface area contributed by atoms with Crippen molar-refractivity contribution in [3.8, 4) is 0 Å². The maximum atomic E-state index is 13.6. The van der Waals surface area contributed by atoms with Gasteiger partial charge in [0, 0.05) is 6.61 Å². The molecule has 0 bridgehead atoms. The van der Waals surface area contributed by atoms with E-state index >= 15 is 0 Å². The fourth-order valence-corrected chi connectivity index (χ4v) is 4.05. The van der Waals surface area contributed by atoms with Crippen LogP contribution in [0.4, 0.5) is 74.6 Å². The van der Waals surface area contributed by atoms with Gasteiger partial charge in [0.05, 0.1) is 0 Å². The molecule has 31 heavy (non-hydrogen) atoms. The van der Waals surface area contributed by atoms with Crippen LogP contribution in [0.15, 0.2) is 0 Å². The summed E-state index contributed by atoms with van der Waals surface area (Å²) in [5.74, 6) is -50.5. The molecule has 0 aliphatic rings. The molecule has 1 nitrogen and oxygen atoms in total. The van der Waals surface area contributed by atoms with Gasteiger partial charge in [0.2, 0.25) is 0 Å². The Morgan fingerprint density at radius 2 is 0.774 bits per heavy atom. The quantitative estimate of drug-likeness (QED) is 0.167. The summed E-state index contributed by atoms with van der Waals surface area (Å²) in [5, 5.41) is 0. The first-order valence-electron chi connectivity index (χ1n) is 6.79. The summed E-state index contributed by atoms with van der Waals surface area (Å²) in [7, 11) is 0. The number of hydrogen-bond acceptors (Lipinski definition) is 1. The van der Waals surface area contributed by atoms with E-state index in [2.05, 4.69) is 26.6 Å². The number of hydrogen-bond donors (Lipinski definition) is 0. The molecule has 0 fully saturated rings. The lowest BCUT2D eigenvalue weighted by Crippen LogP contribution is -2.76. The summed E-state index contributed by atoms with van der Waals surface area (Å²) in [4.78, 5) is 0. The first-order chi connectivity index (χ1) is 13.1. The molecule has 0 radical (unpaired) electrons. The van der Waals surface area contributed by atoms with E-state index in [1.54, 1.807) is 0 Å². The van der Waals surface area contributed by atoms with Gasteiger partial charge in [-0.3, -0.25) is 0 Å². The highest BCUT2D eigenvalue weighted by molar-refractivity contribution is 7.43. The van der Waals surface area contributed by atoms with Crippen molar-refractivity contribution < 1.29 is 79.1 Å². The lowest BCUT2D eigenvalue weighted by molar-refractivity contribution is -0.458. The van der Waals surface area contributed by atoms with Gasteiger partial charge in [0.15, 0.2) is 0 Å². The summed E-state index contributed by atoms with van der Waals surface area (Å²) >= 11 is 9.15. The largest absolute Gasteiger partial charge is 0.472 e. The van der Waals surface area contributed by atoms with Gasteiger partial charge in [0.25, 0.3) is 0 Å². The first-order valence-corrected chi connectivity index (χ1v) is 10.7. The topological polar surface area (TPSA) is 9.23 Å². The Bertz CT molecular complexity index is 658. The molecule has 0 amide bonds. The lowest BCUT2D eigenvalue weighted by atomic mass is 9.91. The minimum atomic E-state index is -8.70. The molecular weight excluding hydrogens is 558 g/mol. The molecule has 0 aliphatic carbocycles. The third-order valence-electron chi connectivity index (χ3n) is 3.41. The molecule has 0 N–H and O–H groups in total. The summed E-state index contributed by atoms with van der Waals surface area (Å²) in [6, 6.07) is 0. The summed E-state index contributed by atoms with van der Waals surface area (Å²) in [6.07, 6.45) is -7.80. The third-order valence-corrected chi connectivity index (χ3v) is 7.19. The third kappa shape index (κ3) is 3.93. The van der Waals surface area contributed by atoms with Gasteiger partial charge < -0.3 is 4.43 Å². The summed E-state index contributed by atoms with van der Waals surface area (Å²) in [5.41, 5.74) is -6.91. The van der Waals surface area contributed by atoms with E-state index < -0.39 is 60.8 Å². The van der Waals surface area contributed by atoms with Gasteiger partial charge in [-0.25, -0.2) is 0 Å². The Balaban J connectivity index is 6.84.